The molecule has 0 spiro atoms. The molecule has 1 aromatic rings. The van der Waals surface area contributed by atoms with Gasteiger partial charge in [-0.05, 0) is 70.9 Å². The second-order valence-corrected chi connectivity index (χ2v) is 9.84. The SMILES string of the molecule is CCCCCCCC/C=C\CCCCCCCCN(C)C.O=C(O)COc1ccc(Cl)cc1Cl. The van der Waals surface area contributed by atoms with E-state index in [1.165, 1.54) is 109 Å². The quantitative estimate of drug-likeness (QED) is 0.147. The first-order valence-electron chi connectivity index (χ1n) is 13.0. The normalized spacial score (nSPS) is 11.0. The predicted octanol–water partition coefficient (Wildman–Crippen LogP) is 9.04. The fourth-order valence-electron chi connectivity index (χ4n) is 3.41. The largest absolute Gasteiger partial charge is 0.480 e. The van der Waals surface area contributed by atoms with E-state index in [2.05, 4.69) is 38.1 Å². The zero-order valence-corrected chi connectivity index (χ0v) is 23.2. The molecule has 0 aliphatic carbocycles. The molecule has 0 saturated carbocycles. The van der Waals surface area contributed by atoms with Gasteiger partial charge in [-0.25, -0.2) is 4.79 Å². The topological polar surface area (TPSA) is 49.8 Å². The molecular weight excluding hydrogens is 469 g/mol. The first-order chi connectivity index (χ1) is 16.4. The van der Waals surface area contributed by atoms with Crippen molar-refractivity contribution < 1.29 is 14.6 Å². The fourth-order valence-corrected chi connectivity index (χ4v) is 3.87. The molecule has 196 valence electrons. The molecule has 0 heterocycles. The second-order valence-electron chi connectivity index (χ2n) is 9.00. The van der Waals surface area contributed by atoms with Gasteiger partial charge in [0, 0.05) is 5.02 Å². The summed E-state index contributed by atoms with van der Waals surface area (Å²) < 4.78 is 4.86. The van der Waals surface area contributed by atoms with Gasteiger partial charge in [-0.15, -0.1) is 0 Å². The van der Waals surface area contributed by atoms with Gasteiger partial charge in [0.05, 0.1) is 5.02 Å². The van der Waals surface area contributed by atoms with Crippen LogP contribution in [0.5, 0.6) is 5.75 Å². The average molecular weight is 517 g/mol. The summed E-state index contributed by atoms with van der Waals surface area (Å²) >= 11 is 11.3. The van der Waals surface area contributed by atoms with Gasteiger partial charge in [-0.2, -0.15) is 0 Å². The molecule has 1 rings (SSSR count). The molecule has 0 atom stereocenters. The minimum atomic E-state index is -1.05. The molecule has 0 unspecified atom stereocenters. The Morgan fingerprint density at radius 2 is 1.41 bits per heavy atom. The van der Waals surface area contributed by atoms with Gasteiger partial charge in [0.2, 0.25) is 0 Å². The zero-order chi connectivity index (χ0) is 25.4. The van der Waals surface area contributed by atoms with Gasteiger partial charge < -0.3 is 14.7 Å². The van der Waals surface area contributed by atoms with E-state index < -0.39 is 12.6 Å². The van der Waals surface area contributed by atoms with Gasteiger partial charge in [0.15, 0.2) is 6.61 Å². The Kier molecular flexibility index (Phi) is 22.7. The van der Waals surface area contributed by atoms with Crippen LogP contribution >= 0.6 is 23.2 Å². The maximum absolute atomic E-state index is 10.2. The van der Waals surface area contributed by atoms with Crippen molar-refractivity contribution in [1.29, 1.82) is 0 Å². The van der Waals surface area contributed by atoms with Crippen molar-refractivity contribution in [2.75, 3.05) is 27.2 Å². The number of rotatable bonds is 19. The van der Waals surface area contributed by atoms with Gasteiger partial charge in [0.25, 0.3) is 0 Å². The van der Waals surface area contributed by atoms with E-state index in [9.17, 15) is 4.79 Å². The number of nitrogens with zero attached hydrogens (tertiary/aromatic N) is 1. The molecule has 0 aliphatic heterocycles. The van der Waals surface area contributed by atoms with Crippen LogP contribution in [0.3, 0.4) is 0 Å². The molecule has 0 radical (unpaired) electrons. The maximum Gasteiger partial charge on any atom is 0.341 e. The van der Waals surface area contributed by atoms with Crippen molar-refractivity contribution in [3.05, 3.63) is 40.4 Å². The highest BCUT2D eigenvalue weighted by atomic mass is 35.5. The number of carbonyl (C=O) groups is 1. The molecule has 0 fully saturated rings. The molecular formula is C28H47Cl2NO3. The van der Waals surface area contributed by atoms with Crippen LogP contribution in [0.25, 0.3) is 0 Å². The van der Waals surface area contributed by atoms with Gasteiger partial charge in [-0.1, -0.05) is 100 Å². The summed E-state index contributed by atoms with van der Waals surface area (Å²) in [6, 6.07) is 4.58. The molecule has 0 bridgehead atoms. The first kappa shape index (κ1) is 32.8. The summed E-state index contributed by atoms with van der Waals surface area (Å²) in [6.07, 6.45) is 24.3. The van der Waals surface area contributed by atoms with Crippen LogP contribution in [0.2, 0.25) is 10.0 Å². The van der Waals surface area contributed by atoms with E-state index in [0.717, 1.165) is 0 Å². The summed E-state index contributed by atoms with van der Waals surface area (Å²) in [5.74, 6) is -0.737. The highest BCUT2D eigenvalue weighted by Crippen LogP contribution is 2.27. The molecule has 0 saturated heterocycles. The standard InChI is InChI=1S/C20H41N.C8H6Cl2O3/c1-4-5-6-7-8-9-10-11-12-13-14-15-16-17-18-19-20-21(2)3;9-5-1-2-7(6(10)3-5)13-4-8(11)12/h11-12H,4-10,13-20H2,1-3H3;1-3H,4H2,(H,11,12)/b12-11-;. The van der Waals surface area contributed by atoms with Gasteiger partial charge >= 0.3 is 5.97 Å². The van der Waals surface area contributed by atoms with Gasteiger partial charge in [-0.3, -0.25) is 0 Å². The Morgan fingerprint density at radius 3 is 1.91 bits per heavy atom. The van der Waals surface area contributed by atoms with E-state index in [4.69, 9.17) is 33.0 Å². The second kappa shape index (κ2) is 23.5. The minimum Gasteiger partial charge on any atom is -0.480 e. The van der Waals surface area contributed by atoms with Crippen molar-refractivity contribution in [1.82, 2.24) is 4.90 Å². The zero-order valence-electron chi connectivity index (χ0n) is 21.7. The van der Waals surface area contributed by atoms with Crippen LogP contribution in [0.1, 0.15) is 96.8 Å². The highest BCUT2D eigenvalue weighted by molar-refractivity contribution is 6.35. The average Bonchev–Trinajstić information content (AvgIpc) is 2.78. The van der Waals surface area contributed by atoms with Crippen molar-refractivity contribution in [3.63, 3.8) is 0 Å². The fraction of sp³-hybridized carbons (Fsp3) is 0.679. The Morgan fingerprint density at radius 1 is 0.882 bits per heavy atom. The molecule has 4 nitrogen and oxygen atoms in total. The number of hydrogen-bond acceptors (Lipinski definition) is 3. The summed E-state index contributed by atoms with van der Waals surface area (Å²) in [5, 5.41) is 9.11. The molecule has 34 heavy (non-hydrogen) atoms. The number of carboxylic acid groups (broad SMARTS) is 1. The Labute approximate surface area is 218 Å². The lowest BCUT2D eigenvalue weighted by Crippen LogP contribution is -2.12. The van der Waals surface area contributed by atoms with Crippen LogP contribution in [0.4, 0.5) is 0 Å². The third-order valence-corrected chi connectivity index (χ3v) is 5.89. The smallest absolute Gasteiger partial charge is 0.341 e. The van der Waals surface area contributed by atoms with E-state index >= 15 is 0 Å². The van der Waals surface area contributed by atoms with Crippen molar-refractivity contribution in [2.45, 2.75) is 96.8 Å². The van der Waals surface area contributed by atoms with Crippen molar-refractivity contribution in [3.8, 4) is 5.75 Å². The van der Waals surface area contributed by atoms with Crippen LogP contribution in [0.15, 0.2) is 30.4 Å². The monoisotopic (exact) mass is 515 g/mol. The molecule has 0 aliphatic rings. The summed E-state index contributed by atoms with van der Waals surface area (Å²) in [5.41, 5.74) is 0. The summed E-state index contributed by atoms with van der Waals surface area (Å²) in [6.45, 7) is 3.12. The van der Waals surface area contributed by atoms with E-state index in [1.807, 2.05) is 0 Å². The van der Waals surface area contributed by atoms with E-state index in [1.54, 1.807) is 6.07 Å². The van der Waals surface area contributed by atoms with Crippen LogP contribution in [0, 0.1) is 0 Å². The lowest BCUT2D eigenvalue weighted by Gasteiger charge is -2.08. The van der Waals surface area contributed by atoms with E-state index in [0.29, 0.717) is 15.8 Å². The number of aliphatic carboxylic acids is 1. The van der Waals surface area contributed by atoms with Crippen LogP contribution in [-0.2, 0) is 4.79 Å². The third kappa shape index (κ3) is 22.6. The van der Waals surface area contributed by atoms with Crippen molar-refractivity contribution in [2.24, 2.45) is 0 Å². The van der Waals surface area contributed by atoms with Crippen LogP contribution < -0.4 is 4.74 Å². The third-order valence-electron chi connectivity index (χ3n) is 5.36. The van der Waals surface area contributed by atoms with Crippen LogP contribution in [-0.4, -0.2) is 43.2 Å². The number of ether oxygens (including phenoxy) is 1. The summed E-state index contributed by atoms with van der Waals surface area (Å²) in [7, 11) is 4.33. The Hall–Kier alpha value is -1.23. The number of carboxylic acids is 1. The first-order valence-corrected chi connectivity index (χ1v) is 13.7. The number of halogens is 2. The molecule has 0 amide bonds. The Balaban J connectivity index is 0.000000712. The van der Waals surface area contributed by atoms with Gasteiger partial charge in [0.1, 0.15) is 5.75 Å². The lowest BCUT2D eigenvalue weighted by molar-refractivity contribution is -0.139. The molecule has 1 N–H and O–H groups in total. The Bertz CT molecular complexity index is 651. The number of benzene rings is 1. The number of unbranched alkanes of at least 4 members (excludes halogenated alkanes) is 12. The van der Waals surface area contributed by atoms with E-state index in [-0.39, 0.29) is 0 Å². The molecule has 0 aromatic heterocycles. The lowest BCUT2D eigenvalue weighted by atomic mass is 10.1. The van der Waals surface area contributed by atoms with Crippen molar-refractivity contribution >= 4 is 29.2 Å². The molecule has 1 aromatic carbocycles. The summed E-state index contributed by atoms with van der Waals surface area (Å²) in [4.78, 5) is 12.4. The minimum absolute atomic E-state index is 0.300. The molecule has 6 heteroatoms. The maximum atomic E-state index is 10.2. The number of allylic oxidation sites excluding steroid dienone is 2. The number of hydrogen-bond donors (Lipinski definition) is 1. The predicted molar refractivity (Wildman–Crippen MR) is 148 cm³/mol. The highest BCUT2D eigenvalue weighted by Gasteiger charge is 2.04.